The minimum Gasteiger partial charge on any atom is -0.480 e. The summed E-state index contributed by atoms with van der Waals surface area (Å²) in [5.74, 6) is -2.47. The van der Waals surface area contributed by atoms with E-state index in [9.17, 15) is 22.7 Å². The molecule has 0 aliphatic heterocycles. The summed E-state index contributed by atoms with van der Waals surface area (Å²) < 4.78 is 40.6. The minimum atomic E-state index is -4.24. The molecule has 110 valence electrons. The molecule has 1 atom stereocenters. The van der Waals surface area contributed by atoms with Crippen LogP contribution in [-0.2, 0) is 14.8 Å². The zero-order chi connectivity index (χ0) is 15.1. The van der Waals surface area contributed by atoms with Crippen molar-refractivity contribution in [2.75, 3.05) is 0 Å². The Balaban J connectivity index is 2.38. The zero-order valence-corrected chi connectivity index (χ0v) is 13.0. The second kappa shape index (κ2) is 5.09. The van der Waals surface area contributed by atoms with E-state index in [1.165, 1.54) is 13.0 Å². The average Bonchev–Trinajstić information content (AvgIpc) is 3.10. The predicted octanol–water partition coefficient (Wildman–Crippen LogP) is 2.12. The van der Waals surface area contributed by atoms with Crippen molar-refractivity contribution in [3.05, 3.63) is 28.5 Å². The van der Waals surface area contributed by atoms with Gasteiger partial charge in [-0.15, -0.1) is 0 Å². The summed E-state index contributed by atoms with van der Waals surface area (Å²) in [6, 6.07) is 3.49. The first-order valence-electron chi connectivity index (χ1n) is 5.89. The Morgan fingerprint density at radius 2 is 2.10 bits per heavy atom. The molecule has 0 heterocycles. The molecule has 1 unspecified atom stereocenters. The van der Waals surface area contributed by atoms with E-state index < -0.39 is 32.2 Å². The summed E-state index contributed by atoms with van der Waals surface area (Å²) in [6.45, 7) is 1.31. The van der Waals surface area contributed by atoms with Crippen molar-refractivity contribution < 1.29 is 22.7 Å². The van der Waals surface area contributed by atoms with E-state index >= 15 is 0 Å². The van der Waals surface area contributed by atoms with Crippen LogP contribution in [0.3, 0.4) is 0 Å². The maximum atomic E-state index is 13.7. The Bertz CT molecular complexity index is 659. The Kier molecular flexibility index (Phi) is 3.92. The van der Waals surface area contributed by atoms with Gasteiger partial charge in [0.05, 0.1) is 0 Å². The maximum Gasteiger partial charge on any atom is 0.324 e. The summed E-state index contributed by atoms with van der Waals surface area (Å²) in [6.07, 6.45) is 1.27. The van der Waals surface area contributed by atoms with Gasteiger partial charge in [0.1, 0.15) is 16.3 Å². The summed E-state index contributed by atoms with van der Waals surface area (Å²) in [5, 5.41) is 9.24. The number of hydrogen-bond donors (Lipinski definition) is 2. The van der Waals surface area contributed by atoms with E-state index in [0.29, 0.717) is 17.3 Å². The summed E-state index contributed by atoms with van der Waals surface area (Å²) >= 11 is 3.03. The number of aliphatic carboxylic acids is 1. The van der Waals surface area contributed by atoms with Crippen LogP contribution in [0.25, 0.3) is 0 Å². The van der Waals surface area contributed by atoms with Gasteiger partial charge in [0.15, 0.2) is 0 Å². The lowest BCUT2D eigenvalue weighted by molar-refractivity contribution is -0.144. The van der Waals surface area contributed by atoms with Crippen molar-refractivity contribution in [2.45, 2.75) is 30.2 Å². The molecule has 5 nitrogen and oxygen atoms in total. The molecule has 0 aromatic heterocycles. The average molecular weight is 366 g/mol. The highest BCUT2D eigenvalue weighted by Crippen LogP contribution is 2.40. The summed E-state index contributed by atoms with van der Waals surface area (Å²) in [7, 11) is -4.24. The normalized spacial score (nSPS) is 18.6. The molecule has 0 spiro atoms. The van der Waals surface area contributed by atoms with Gasteiger partial charge in [0.2, 0.25) is 10.0 Å². The van der Waals surface area contributed by atoms with Crippen LogP contribution in [0.1, 0.15) is 19.8 Å². The third-order valence-electron chi connectivity index (χ3n) is 3.37. The number of nitrogens with one attached hydrogen (secondary N) is 1. The molecule has 20 heavy (non-hydrogen) atoms. The van der Waals surface area contributed by atoms with Crippen LogP contribution in [-0.4, -0.2) is 25.0 Å². The third-order valence-corrected chi connectivity index (χ3v) is 5.46. The fourth-order valence-corrected chi connectivity index (χ4v) is 3.81. The number of carboxylic acids is 1. The fraction of sp³-hybridized carbons (Fsp3) is 0.417. The Labute approximate surface area is 124 Å². The Hall–Kier alpha value is -0.990. The Morgan fingerprint density at radius 1 is 1.50 bits per heavy atom. The van der Waals surface area contributed by atoms with Gasteiger partial charge >= 0.3 is 5.97 Å². The van der Waals surface area contributed by atoms with Crippen molar-refractivity contribution in [3.63, 3.8) is 0 Å². The maximum absolute atomic E-state index is 13.7. The smallest absolute Gasteiger partial charge is 0.324 e. The molecule has 1 saturated carbocycles. The monoisotopic (exact) mass is 365 g/mol. The lowest BCUT2D eigenvalue weighted by atomic mass is 9.98. The molecule has 2 rings (SSSR count). The second-order valence-corrected chi connectivity index (χ2v) is 7.53. The van der Waals surface area contributed by atoms with Crippen LogP contribution in [0.2, 0.25) is 0 Å². The van der Waals surface area contributed by atoms with E-state index in [0.717, 1.165) is 12.1 Å². The van der Waals surface area contributed by atoms with Crippen molar-refractivity contribution in [1.82, 2.24) is 4.72 Å². The zero-order valence-electron chi connectivity index (χ0n) is 10.6. The number of carbonyl (C=O) groups is 1. The molecule has 0 radical (unpaired) electrons. The number of benzene rings is 1. The van der Waals surface area contributed by atoms with E-state index in [2.05, 4.69) is 20.7 Å². The first kappa shape index (κ1) is 15.4. The first-order valence-corrected chi connectivity index (χ1v) is 8.17. The van der Waals surface area contributed by atoms with Crippen LogP contribution in [0.15, 0.2) is 27.6 Å². The predicted molar refractivity (Wildman–Crippen MR) is 73.2 cm³/mol. The van der Waals surface area contributed by atoms with Crippen LogP contribution >= 0.6 is 15.9 Å². The number of carboxylic acid groups (broad SMARTS) is 1. The molecular weight excluding hydrogens is 353 g/mol. The van der Waals surface area contributed by atoms with Crippen molar-refractivity contribution >= 4 is 31.9 Å². The number of hydrogen-bond acceptors (Lipinski definition) is 3. The molecule has 0 amide bonds. The van der Waals surface area contributed by atoms with E-state index in [4.69, 9.17) is 0 Å². The van der Waals surface area contributed by atoms with Gasteiger partial charge in [-0.05, 0) is 43.9 Å². The summed E-state index contributed by atoms with van der Waals surface area (Å²) in [4.78, 5) is 10.8. The van der Waals surface area contributed by atoms with Crippen LogP contribution in [0, 0.1) is 11.7 Å². The van der Waals surface area contributed by atoms with Gasteiger partial charge in [-0.1, -0.05) is 15.9 Å². The standard InChI is InChI=1S/C12H13BrFNO4S/c1-12(11(16)17,7-2-3-7)15-20(18,19)10-5-4-8(13)6-9(10)14/h4-7,15H,2-3H2,1H3,(H,16,17). The van der Waals surface area contributed by atoms with Crippen LogP contribution < -0.4 is 4.72 Å². The second-order valence-electron chi connectivity index (χ2n) is 4.96. The highest BCUT2D eigenvalue weighted by molar-refractivity contribution is 9.10. The molecule has 8 heteroatoms. The van der Waals surface area contributed by atoms with Crippen molar-refractivity contribution in [3.8, 4) is 0 Å². The van der Waals surface area contributed by atoms with Gasteiger partial charge < -0.3 is 5.11 Å². The quantitative estimate of drug-likeness (QED) is 0.836. The van der Waals surface area contributed by atoms with Crippen LogP contribution in [0.5, 0.6) is 0 Å². The van der Waals surface area contributed by atoms with Crippen LogP contribution in [0.4, 0.5) is 4.39 Å². The van der Waals surface area contributed by atoms with Gasteiger partial charge in [-0.2, -0.15) is 4.72 Å². The molecule has 1 aliphatic rings. The van der Waals surface area contributed by atoms with Gasteiger partial charge in [0, 0.05) is 4.47 Å². The van der Waals surface area contributed by atoms with E-state index in [1.807, 2.05) is 0 Å². The lowest BCUT2D eigenvalue weighted by Crippen LogP contribution is -2.53. The van der Waals surface area contributed by atoms with Crippen molar-refractivity contribution in [2.24, 2.45) is 5.92 Å². The molecule has 1 fully saturated rings. The minimum absolute atomic E-state index is 0.270. The Morgan fingerprint density at radius 3 is 2.55 bits per heavy atom. The fourth-order valence-electron chi connectivity index (χ4n) is 1.99. The largest absolute Gasteiger partial charge is 0.480 e. The summed E-state index contributed by atoms with van der Waals surface area (Å²) in [5.41, 5.74) is -1.61. The van der Waals surface area contributed by atoms with Crippen molar-refractivity contribution in [1.29, 1.82) is 0 Å². The molecule has 1 aliphatic carbocycles. The highest BCUT2D eigenvalue weighted by Gasteiger charge is 2.50. The molecular formula is C12H13BrFNO4S. The lowest BCUT2D eigenvalue weighted by Gasteiger charge is -2.25. The van der Waals surface area contributed by atoms with E-state index in [-0.39, 0.29) is 5.92 Å². The number of sulfonamides is 1. The first-order chi connectivity index (χ1) is 9.17. The van der Waals surface area contributed by atoms with Gasteiger partial charge in [-0.3, -0.25) is 4.79 Å². The molecule has 0 bridgehead atoms. The topological polar surface area (TPSA) is 83.5 Å². The molecule has 0 saturated heterocycles. The molecule has 1 aromatic carbocycles. The van der Waals surface area contributed by atoms with Gasteiger partial charge in [-0.25, -0.2) is 12.8 Å². The molecule has 2 N–H and O–H groups in total. The number of halogens is 2. The highest BCUT2D eigenvalue weighted by atomic mass is 79.9. The SMILES string of the molecule is CC(NS(=O)(=O)c1ccc(Br)cc1F)(C(=O)O)C1CC1. The number of rotatable bonds is 5. The van der Waals surface area contributed by atoms with E-state index in [1.54, 1.807) is 0 Å². The third kappa shape index (κ3) is 2.87. The molecule has 1 aromatic rings. The van der Waals surface area contributed by atoms with Gasteiger partial charge in [0.25, 0.3) is 0 Å².